The van der Waals surface area contributed by atoms with E-state index in [1.807, 2.05) is 74.5 Å². The third kappa shape index (κ3) is 5.36. The minimum atomic E-state index is -3.47. The third-order valence-corrected chi connectivity index (χ3v) is 7.15. The molecule has 30 heavy (non-hydrogen) atoms. The fourth-order valence-electron chi connectivity index (χ4n) is 3.76. The van der Waals surface area contributed by atoms with E-state index >= 15 is 0 Å². The summed E-state index contributed by atoms with van der Waals surface area (Å²) in [5, 5.41) is 1.27. The highest BCUT2D eigenvalue weighted by Gasteiger charge is 2.34. The second kappa shape index (κ2) is 10.0. The van der Waals surface area contributed by atoms with Gasteiger partial charge in [0.05, 0.1) is 26.2 Å². The van der Waals surface area contributed by atoms with Gasteiger partial charge in [-0.3, -0.25) is 4.79 Å². The Morgan fingerprint density at radius 1 is 1.07 bits per heavy atom. The molecule has 2 aromatic carbocycles. The van der Waals surface area contributed by atoms with Crippen LogP contribution in [0.15, 0.2) is 66.1 Å². The summed E-state index contributed by atoms with van der Waals surface area (Å²) >= 11 is 0. The Bertz CT molecular complexity index is 954. The molecule has 0 unspecified atom stereocenters. The number of nitrogens with one attached hydrogen (secondary N) is 1. The van der Waals surface area contributed by atoms with Crippen molar-refractivity contribution in [1.82, 2.24) is 4.31 Å². The second-order valence-electron chi connectivity index (χ2n) is 7.46. The van der Waals surface area contributed by atoms with Crippen LogP contribution in [-0.4, -0.2) is 57.4 Å². The van der Waals surface area contributed by atoms with Crippen molar-refractivity contribution >= 4 is 27.7 Å². The van der Waals surface area contributed by atoms with Gasteiger partial charge in [0.2, 0.25) is 10.0 Å². The van der Waals surface area contributed by atoms with Gasteiger partial charge in [0.15, 0.2) is 6.04 Å². The Morgan fingerprint density at radius 2 is 1.63 bits per heavy atom. The van der Waals surface area contributed by atoms with Crippen molar-refractivity contribution in [2.75, 3.05) is 37.6 Å². The summed E-state index contributed by atoms with van der Waals surface area (Å²) in [4.78, 5) is 16.0. The van der Waals surface area contributed by atoms with Crippen molar-refractivity contribution in [3.05, 3.63) is 71.6 Å². The molecule has 0 radical (unpaired) electrons. The number of carbonyl (C=O) groups excluding carboxylic acids is 1. The van der Waals surface area contributed by atoms with Crippen LogP contribution in [0.4, 0.5) is 5.69 Å². The molecule has 1 aliphatic heterocycles. The van der Waals surface area contributed by atoms with Crippen molar-refractivity contribution in [2.24, 2.45) is 0 Å². The Labute approximate surface area is 179 Å². The standard InChI is InChI=1S/C23H29N3O3S/c1-3-26(22-12-8-5-9-13-22)23(27)20(2)24-15-17-25(18-16-24)30(28,29)19-14-21-10-6-4-7-11-21/h4-14,19-20H,3,15-18H2,1-2H3/p+1/b19-14+/t20-/m1/s1. The lowest BCUT2D eigenvalue weighted by Gasteiger charge is -2.35. The van der Waals surface area contributed by atoms with Crippen molar-refractivity contribution in [2.45, 2.75) is 19.9 Å². The van der Waals surface area contributed by atoms with Crippen molar-refractivity contribution in [3.63, 3.8) is 0 Å². The Balaban J connectivity index is 1.60. The molecule has 7 heteroatoms. The molecule has 0 aliphatic carbocycles. The number of carbonyl (C=O) groups is 1. The quantitative estimate of drug-likeness (QED) is 0.729. The molecule has 0 saturated carbocycles. The van der Waals surface area contributed by atoms with Crippen LogP contribution in [0.1, 0.15) is 19.4 Å². The number of rotatable bonds is 7. The fourth-order valence-corrected chi connectivity index (χ4v) is 4.95. The monoisotopic (exact) mass is 428 g/mol. The van der Waals surface area contributed by atoms with Gasteiger partial charge in [-0.15, -0.1) is 0 Å². The lowest BCUT2D eigenvalue weighted by molar-refractivity contribution is -0.917. The maximum absolute atomic E-state index is 13.1. The summed E-state index contributed by atoms with van der Waals surface area (Å²) in [6.45, 7) is 6.54. The van der Waals surface area contributed by atoms with Crippen LogP contribution in [0.2, 0.25) is 0 Å². The molecule has 1 aliphatic rings. The first-order chi connectivity index (χ1) is 14.4. The van der Waals surface area contributed by atoms with E-state index in [2.05, 4.69) is 0 Å². The zero-order chi connectivity index (χ0) is 21.6. The summed E-state index contributed by atoms with van der Waals surface area (Å²) in [5.74, 6) is 0.0685. The molecule has 0 aromatic heterocycles. The average Bonchev–Trinajstić information content (AvgIpc) is 2.79. The smallest absolute Gasteiger partial charge is 0.284 e. The number of hydrogen-bond acceptors (Lipinski definition) is 3. The van der Waals surface area contributed by atoms with Crippen molar-refractivity contribution in [1.29, 1.82) is 0 Å². The number of hydrogen-bond donors (Lipinski definition) is 1. The van der Waals surface area contributed by atoms with E-state index in [9.17, 15) is 13.2 Å². The predicted octanol–water partition coefficient (Wildman–Crippen LogP) is 1.63. The maximum Gasteiger partial charge on any atom is 0.284 e. The van der Waals surface area contributed by atoms with E-state index in [-0.39, 0.29) is 11.9 Å². The number of amides is 1. The number of piperazine rings is 1. The zero-order valence-corrected chi connectivity index (χ0v) is 18.4. The number of quaternary nitrogens is 1. The van der Waals surface area contributed by atoms with E-state index in [1.54, 1.807) is 11.0 Å². The first-order valence-corrected chi connectivity index (χ1v) is 11.9. The lowest BCUT2D eigenvalue weighted by Crippen LogP contribution is -3.19. The molecule has 1 fully saturated rings. The lowest BCUT2D eigenvalue weighted by atomic mass is 10.2. The zero-order valence-electron chi connectivity index (χ0n) is 17.6. The average molecular weight is 429 g/mol. The number of likely N-dealkylation sites (N-methyl/N-ethyl adjacent to an activating group) is 1. The SMILES string of the molecule is CCN(C(=O)[C@@H](C)[NH+]1CCN(S(=O)(=O)/C=C/c2ccccc2)CC1)c1ccccc1. The highest BCUT2D eigenvalue weighted by atomic mass is 32.2. The first-order valence-electron chi connectivity index (χ1n) is 10.4. The Morgan fingerprint density at radius 3 is 2.20 bits per heavy atom. The molecule has 6 nitrogen and oxygen atoms in total. The molecule has 1 saturated heterocycles. The van der Waals surface area contributed by atoms with Gasteiger partial charge in [-0.1, -0.05) is 48.5 Å². The van der Waals surface area contributed by atoms with Crippen LogP contribution in [0.5, 0.6) is 0 Å². The predicted molar refractivity (Wildman–Crippen MR) is 121 cm³/mol. The Hall–Kier alpha value is -2.48. The van der Waals surface area contributed by atoms with Crippen LogP contribution in [0.25, 0.3) is 6.08 Å². The molecule has 1 heterocycles. The number of anilines is 1. The van der Waals surface area contributed by atoms with Gasteiger partial charge in [0.25, 0.3) is 5.91 Å². The van der Waals surface area contributed by atoms with Gasteiger partial charge in [0.1, 0.15) is 0 Å². The Kier molecular flexibility index (Phi) is 7.42. The van der Waals surface area contributed by atoms with E-state index in [1.165, 1.54) is 9.71 Å². The van der Waals surface area contributed by atoms with Crippen molar-refractivity contribution in [3.8, 4) is 0 Å². The summed E-state index contributed by atoms with van der Waals surface area (Å²) < 4.78 is 26.8. The van der Waals surface area contributed by atoms with Gasteiger partial charge >= 0.3 is 0 Å². The first kappa shape index (κ1) is 22.2. The summed E-state index contributed by atoms with van der Waals surface area (Å²) in [6.07, 6.45) is 1.62. The van der Waals surface area contributed by atoms with Gasteiger partial charge in [-0.2, -0.15) is 4.31 Å². The largest absolute Gasteiger partial charge is 0.323 e. The molecular formula is C23H30N3O3S+. The van der Waals surface area contributed by atoms with E-state index < -0.39 is 10.0 Å². The molecule has 1 N–H and O–H groups in total. The second-order valence-corrected chi connectivity index (χ2v) is 9.27. The van der Waals surface area contributed by atoms with Crippen LogP contribution in [0.3, 0.4) is 0 Å². The van der Waals surface area contributed by atoms with E-state index in [0.29, 0.717) is 32.7 Å². The highest BCUT2D eigenvalue weighted by molar-refractivity contribution is 7.92. The normalized spacial score (nSPS) is 17.1. The van der Waals surface area contributed by atoms with E-state index in [0.717, 1.165) is 16.2 Å². The number of para-hydroxylation sites is 1. The maximum atomic E-state index is 13.1. The molecule has 3 rings (SSSR count). The van der Waals surface area contributed by atoms with Crippen LogP contribution >= 0.6 is 0 Å². The van der Waals surface area contributed by atoms with Crippen LogP contribution in [0, 0.1) is 0 Å². The van der Waals surface area contributed by atoms with Gasteiger partial charge in [0, 0.05) is 17.6 Å². The molecule has 1 atom stereocenters. The fraction of sp³-hybridized carbons (Fsp3) is 0.348. The van der Waals surface area contributed by atoms with Gasteiger partial charge in [-0.05, 0) is 37.6 Å². The summed E-state index contributed by atoms with van der Waals surface area (Å²) in [5.41, 5.74) is 1.74. The summed E-state index contributed by atoms with van der Waals surface area (Å²) in [7, 11) is -3.47. The molecule has 0 bridgehead atoms. The van der Waals surface area contributed by atoms with Gasteiger partial charge in [-0.25, -0.2) is 8.42 Å². The molecule has 0 spiro atoms. The topological polar surface area (TPSA) is 62.1 Å². The number of benzene rings is 2. The van der Waals surface area contributed by atoms with Crippen LogP contribution in [-0.2, 0) is 14.8 Å². The number of nitrogens with zero attached hydrogens (tertiary/aromatic N) is 2. The molecule has 2 aromatic rings. The highest BCUT2D eigenvalue weighted by Crippen LogP contribution is 2.14. The van der Waals surface area contributed by atoms with Crippen LogP contribution < -0.4 is 9.80 Å². The van der Waals surface area contributed by atoms with Crippen molar-refractivity contribution < 1.29 is 18.1 Å². The minimum absolute atomic E-state index is 0.0685. The van der Waals surface area contributed by atoms with E-state index in [4.69, 9.17) is 0 Å². The molecule has 160 valence electrons. The summed E-state index contributed by atoms with van der Waals surface area (Å²) in [6, 6.07) is 18.8. The van der Waals surface area contributed by atoms with Gasteiger partial charge < -0.3 is 9.80 Å². The minimum Gasteiger partial charge on any atom is -0.323 e. The number of sulfonamides is 1. The third-order valence-electron chi connectivity index (χ3n) is 5.59. The molecular weight excluding hydrogens is 398 g/mol. The molecule has 1 amide bonds.